The number of pyridine rings is 1. The summed E-state index contributed by atoms with van der Waals surface area (Å²) >= 11 is 0. The Morgan fingerprint density at radius 2 is 2.35 bits per heavy atom. The van der Waals surface area contributed by atoms with Gasteiger partial charge in [0.15, 0.2) is 0 Å². The van der Waals surface area contributed by atoms with Crippen molar-refractivity contribution in [2.75, 3.05) is 13.2 Å². The van der Waals surface area contributed by atoms with E-state index in [1.54, 1.807) is 12.3 Å². The molecule has 1 amide bonds. The molecule has 1 N–H and O–H groups in total. The number of rotatable bonds is 2. The minimum Gasteiger partial charge on any atom is -0.395 e. The van der Waals surface area contributed by atoms with Crippen LogP contribution in [-0.4, -0.2) is 40.1 Å². The lowest BCUT2D eigenvalue weighted by Crippen LogP contribution is -2.38. The van der Waals surface area contributed by atoms with Crippen LogP contribution in [0.3, 0.4) is 0 Å². The summed E-state index contributed by atoms with van der Waals surface area (Å²) in [6.07, 6.45) is 5.66. The van der Waals surface area contributed by atoms with Crippen molar-refractivity contribution in [2.24, 2.45) is 5.92 Å². The molecule has 0 spiro atoms. The van der Waals surface area contributed by atoms with Gasteiger partial charge in [-0.15, -0.1) is 0 Å². The summed E-state index contributed by atoms with van der Waals surface area (Å²) in [5, 5.41) is 8.67. The molecule has 3 rings (SSSR count). The number of carbonyl (C=O) groups excluding carboxylic acids is 1. The molecule has 1 aliphatic carbocycles. The molecule has 2 unspecified atom stereocenters. The number of fused-ring (bicyclic) bond motifs is 2. The van der Waals surface area contributed by atoms with Gasteiger partial charge in [0.1, 0.15) is 5.69 Å². The second kappa shape index (κ2) is 5.64. The summed E-state index contributed by atoms with van der Waals surface area (Å²) in [6.45, 7) is 0.956. The van der Waals surface area contributed by atoms with E-state index < -0.39 is 0 Å². The van der Waals surface area contributed by atoms with Gasteiger partial charge in [-0.25, -0.2) is 4.98 Å². The quantitative estimate of drug-likeness (QED) is 0.827. The number of hydrogen-bond acceptors (Lipinski definition) is 3. The summed E-state index contributed by atoms with van der Waals surface area (Å²) in [4.78, 5) is 18.6. The van der Waals surface area contributed by atoms with E-state index in [0.29, 0.717) is 24.1 Å². The number of aliphatic hydroxyl groups is 1. The fraction of sp³-hybridized carbons (Fsp3) is 0.500. The summed E-state index contributed by atoms with van der Waals surface area (Å²) < 4.78 is 0. The van der Waals surface area contributed by atoms with Crippen molar-refractivity contribution in [1.29, 1.82) is 0 Å². The predicted octanol–water partition coefficient (Wildman–Crippen LogP) is 1.44. The number of aliphatic hydroxyl groups excluding tert-OH is 1. The Balaban J connectivity index is 1.69. The smallest absolute Gasteiger partial charge is 0.272 e. The SMILES string of the molecule is O=C(c1ccc(C#CCCO)cn1)N1CC2CCC1C2. The van der Waals surface area contributed by atoms with Crippen molar-refractivity contribution in [3.05, 3.63) is 29.6 Å². The Morgan fingerprint density at radius 1 is 1.45 bits per heavy atom. The maximum atomic E-state index is 12.4. The van der Waals surface area contributed by atoms with Crippen molar-refractivity contribution in [1.82, 2.24) is 9.88 Å². The van der Waals surface area contributed by atoms with E-state index in [0.717, 1.165) is 24.9 Å². The summed E-state index contributed by atoms with van der Waals surface area (Å²) in [6, 6.07) is 3.99. The first kappa shape index (κ1) is 13.1. The Labute approximate surface area is 118 Å². The van der Waals surface area contributed by atoms with Crippen LogP contribution in [-0.2, 0) is 0 Å². The molecule has 0 aromatic carbocycles. The van der Waals surface area contributed by atoms with Crippen molar-refractivity contribution >= 4 is 5.91 Å². The molecule has 1 aromatic rings. The standard InChI is InChI=1S/C16H18N2O2/c19-8-2-1-3-12-5-7-15(17-10-12)16(20)18-11-13-4-6-14(18)9-13/h5,7,10,13-14,19H,2,4,6,8-9,11H2. The largest absolute Gasteiger partial charge is 0.395 e. The number of hydrogen-bond donors (Lipinski definition) is 1. The van der Waals surface area contributed by atoms with Crippen molar-refractivity contribution in [2.45, 2.75) is 31.7 Å². The maximum Gasteiger partial charge on any atom is 0.272 e. The van der Waals surface area contributed by atoms with E-state index in [9.17, 15) is 4.79 Å². The molecule has 2 bridgehead atoms. The Bertz CT molecular complexity index is 556. The third-order valence-electron chi connectivity index (χ3n) is 4.12. The first-order valence-electron chi connectivity index (χ1n) is 7.14. The van der Waals surface area contributed by atoms with E-state index in [-0.39, 0.29) is 12.5 Å². The first-order chi connectivity index (χ1) is 9.78. The van der Waals surface area contributed by atoms with Crippen LogP contribution in [0.4, 0.5) is 0 Å². The van der Waals surface area contributed by atoms with Gasteiger partial charge in [-0.3, -0.25) is 4.79 Å². The van der Waals surface area contributed by atoms with Crippen LogP contribution in [0, 0.1) is 17.8 Å². The van der Waals surface area contributed by atoms with Gasteiger partial charge in [-0.05, 0) is 37.3 Å². The molecule has 2 atom stereocenters. The van der Waals surface area contributed by atoms with Gasteiger partial charge in [0.05, 0.1) is 6.61 Å². The van der Waals surface area contributed by atoms with Gasteiger partial charge in [0.25, 0.3) is 5.91 Å². The molecular formula is C16H18N2O2. The molecule has 2 heterocycles. The lowest BCUT2D eigenvalue weighted by atomic mass is 10.1. The molecule has 104 valence electrons. The predicted molar refractivity (Wildman–Crippen MR) is 75.0 cm³/mol. The van der Waals surface area contributed by atoms with E-state index in [2.05, 4.69) is 16.8 Å². The van der Waals surface area contributed by atoms with E-state index in [1.807, 2.05) is 11.0 Å². The summed E-state index contributed by atoms with van der Waals surface area (Å²) in [5.74, 6) is 6.50. The molecule has 1 aliphatic heterocycles. The van der Waals surface area contributed by atoms with Crippen LogP contribution in [0.5, 0.6) is 0 Å². The fourth-order valence-corrected chi connectivity index (χ4v) is 3.14. The number of aromatic nitrogens is 1. The van der Waals surface area contributed by atoms with Crippen molar-refractivity contribution in [3.63, 3.8) is 0 Å². The van der Waals surface area contributed by atoms with Gasteiger partial charge in [-0.1, -0.05) is 11.8 Å². The van der Waals surface area contributed by atoms with Gasteiger partial charge in [0.2, 0.25) is 0 Å². The minimum atomic E-state index is 0.0482. The molecule has 1 saturated heterocycles. The number of likely N-dealkylation sites (tertiary alicyclic amines) is 1. The highest BCUT2D eigenvalue weighted by molar-refractivity contribution is 5.92. The van der Waals surface area contributed by atoms with Crippen LogP contribution in [0.25, 0.3) is 0 Å². The number of piperidine rings is 1. The zero-order chi connectivity index (χ0) is 13.9. The Kier molecular flexibility index (Phi) is 3.70. The Morgan fingerprint density at radius 3 is 2.95 bits per heavy atom. The molecule has 1 saturated carbocycles. The second-order valence-electron chi connectivity index (χ2n) is 5.50. The highest BCUT2D eigenvalue weighted by Crippen LogP contribution is 2.37. The molecule has 0 radical (unpaired) electrons. The van der Waals surface area contributed by atoms with E-state index >= 15 is 0 Å². The van der Waals surface area contributed by atoms with Crippen molar-refractivity contribution < 1.29 is 9.90 Å². The lowest BCUT2D eigenvalue weighted by Gasteiger charge is -2.26. The van der Waals surface area contributed by atoms with E-state index in [1.165, 1.54) is 6.42 Å². The molecule has 4 nitrogen and oxygen atoms in total. The van der Waals surface area contributed by atoms with Gasteiger partial charge >= 0.3 is 0 Å². The molecule has 20 heavy (non-hydrogen) atoms. The van der Waals surface area contributed by atoms with Crippen LogP contribution in [0.1, 0.15) is 41.7 Å². The summed E-state index contributed by atoms with van der Waals surface area (Å²) in [5.41, 5.74) is 1.28. The van der Waals surface area contributed by atoms with E-state index in [4.69, 9.17) is 5.11 Å². The van der Waals surface area contributed by atoms with Gasteiger partial charge in [0, 0.05) is 30.8 Å². The average Bonchev–Trinajstić information content (AvgIpc) is 3.10. The average molecular weight is 270 g/mol. The highest BCUT2D eigenvalue weighted by Gasteiger charge is 2.40. The van der Waals surface area contributed by atoms with Crippen molar-refractivity contribution in [3.8, 4) is 11.8 Å². The summed E-state index contributed by atoms with van der Waals surface area (Å²) in [7, 11) is 0. The third kappa shape index (κ3) is 2.54. The topological polar surface area (TPSA) is 53.4 Å². The fourth-order valence-electron chi connectivity index (χ4n) is 3.14. The second-order valence-corrected chi connectivity index (χ2v) is 5.50. The number of nitrogens with zero attached hydrogens (tertiary/aromatic N) is 2. The highest BCUT2D eigenvalue weighted by atomic mass is 16.2. The first-order valence-corrected chi connectivity index (χ1v) is 7.14. The normalized spacial score (nSPS) is 23.6. The molecule has 2 aliphatic rings. The molecule has 1 aromatic heterocycles. The Hall–Kier alpha value is -1.86. The maximum absolute atomic E-state index is 12.4. The monoisotopic (exact) mass is 270 g/mol. The molecular weight excluding hydrogens is 252 g/mol. The third-order valence-corrected chi connectivity index (χ3v) is 4.12. The lowest BCUT2D eigenvalue weighted by molar-refractivity contribution is 0.0697. The molecule has 4 heteroatoms. The van der Waals surface area contributed by atoms with Gasteiger partial charge in [-0.2, -0.15) is 0 Å². The van der Waals surface area contributed by atoms with Crippen LogP contribution in [0.2, 0.25) is 0 Å². The van der Waals surface area contributed by atoms with Crippen LogP contribution >= 0.6 is 0 Å². The minimum absolute atomic E-state index is 0.0482. The number of amides is 1. The zero-order valence-electron chi connectivity index (χ0n) is 11.4. The van der Waals surface area contributed by atoms with Crippen LogP contribution in [0.15, 0.2) is 18.3 Å². The molecule has 2 fully saturated rings. The number of carbonyl (C=O) groups is 1. The zero-order valence-corrected chi connectivity index (χ0v) is 11.4. The van der Waals surface area contributed by atoms with Crippen LogP contribution < -0.4 is 0 Å². The van der Waals surface area contributed by atoms with Gasteiger partial charge < -0.3 is 10.0 Å².